The number of aromatic nitrogens is 1. The van der Waals surface area contributed by atoms with Gasteiger partial charge in [0.15, 0.2) is 15.8 Å². The van der Waals surface area contributed by atoms with E-state index in [0.29, 0.717) is 24.1 Å². The Morgan fingerprint density at radius 2 is 2.19 bits per heavy atom. The highest BCUT2D eigenvalue weighted by Crippen LogP contribution is 2.14. The second-order valence-electron chi connectivity index (χ2n) is 4.83. The molecule has 0 aromatic carbocycles. The van der Waals surface area contributed by atoms with E-state index in [4.69, 9.17) is 11.6 Å². The minimum absolute atomic E-state index is 0.104. The van der Waals surface area contributed by atoms with Gasteiger partial charge in [0, 0.05) is 45.3 Å². The van der Waals surface area contributed by atoms with Crippen molar-refractivity contribution >= 4 is 27.4 Å². The summed E-state index contributed by atoms with van der Waals surface area (Å²) < 4.78 is 24.9. The monoisotopic (exact) mass is 334 g/mol. The average Bonchev–Trinajstić information content (AvgIpc) is 2.72. The number of halogens is 1. The Labute approximate surface area is 131 Å². The minimum Gasteiger partial charge on any atom is -0.355 e. The number of hydrogen-bond donors (Lipinski definition) is 1. The number of aliphatic imine (C=N–C) groups is 1. The van der Waals surface area contributed by atoms with Gasteiger partial charge in [-0.25, -0.2) is 8.42 Å². The maximum atomic E-state index is 11.5. The van der Waals surface area contributed by atoms with Gasteiger partial charge in [0.05, 0.1) is 17.3 Å². The number of sulfone groups is 1. The zero-order chi connectivity index (χ0) is 16.0. The summed E-state index contributed by atoms with van der Waals surface area (Å²) in [6.45, 7) is 2.62. The molecule has 0 atom stereocenters. The van der Waals surface area contributed by atoms with Gasteiger partial charge >= 0.3 is 0 Å². The van der Waals surface area contributed by atoms with Gasteiger partial charge in [-0.2, -0.15) is 0 Å². The van der Waals surface area contributed by atoms with Crippen molar-refractivity contribution in [2.45, 2.75) is 13.5 Å². The molecule has 0 aliphatic rings. The summed E-state index contributed by atoms with van der Waals surface area (Å²) in [6.07, 6.45) is 1.84. The standard InChI is InChI=1S/C13H23ClN4O2S/c1-5-21(19,20)7-6-16-13(15-2)18(4)10-12-8-11(14)9-17(12)3/h8-9H,5-7,10H2,1-4H3,(H,15,16). The summed E-state index contributed by atoms with van der Waals surface area (Å²) >= 11 is 5.96. The number of aryl methyl sites for hydroxylation is 1. The van der Waals surface area contributed by atoms with E-state index in [1.165, 1.54) is 0 Å². The highest BCUT2D eigenvalue weighted by molar-refractivity contribution is 7.91. The van der Waals surface area contributed by atoms with Gasteiger partial charge in [0.25, 0.3) is 0 Å². The van der Waals surface area contributed by atoms with Crippen LogP contribution >= 0.6 is 11.6 Å². The molecular formula is C13H23ClN4O2S. The lowest BCUT2D eigenvalue weighted by molar-refractivity contribution is 0.463. The Balaban J connectivity index is 2.58. The molecule has 0 radical (unpaired) electrons. The highest BCUT2D eigenvalue weighted by atomic mass is 35.5. The number of rotatable bonds is 6. The zero-order valence-electron chi connectivity index (χ0n) is 12.9. The summed E-state index contributed by atoms with van der Waals surface area (Å²) in [7, 11) is 2.53. The van der Waals surface area contributed by atoms with Crippen LogP contribution in [-0.2, 0) is 23.4 Å². The summed E-state index contributed by atoms with van der Waals surface area (Å²) in [6, 6.07) is 1.90. The lowest BCUT2D eigenvalue weighted by Gasteiger charge is -2.22. The normalized spacial score (nSPS) is 12.5. The van der Waals surface area contributed by atoms with E-state index in [-0.39, 0.29) is 11.5 Å². The largest absolute Gasteiger partial charge is 0.355 e. The predicted octanol–water partition coefficient (Wildman–Crippen LogP) is 1.12. The first kappa shape index (κ1) is 17.8. The van der Waals surface area contributed by atoms with Crippen LogP contribution in [0.3, 0.4) is 0 Å². The average molecular weight is 335 g/mol. The molecule has 1 rings (SSSR count). The third-order valence-electron chi connectivity index (χ3n) is 3.18. The summed E-state index contributed by atoms with van der Waals surface area (Å²) in [4.78, 5) is 6.08. The van der Waals surface area contributed by atoms with Crippen LogP contribution in [0, 0.1) is 0 Å². The topological polar surface area (TPSA) is 66.7 Å². The van der Waals surface area contributed by atoms with E-state index < -0.39 is 9.84 Å². The zero-order valence-corrected chi connectivity index (χ0v) is 14.5. The molecule has 0 unspecified atom stereocenters. The Bertz CT molecular complexity index is 595. The Morgan fingerprint density at radius 3 is 2.67 bits per heavy atom. The number of hydrogen-bond acceptors (Lipinski definition) is 3. The van der Waals surface area contributed by atoms with Crippen LogP contribution in [0.5, 0.6) is 0 Å². The number of nitrogens with one attached hydrogen (secondary N) is 1. The van der Waals surface area contributed by atoms with Gasteiger partial charge in [0.1, 0.15) is 0 Å². The summed E-state index contributed by atoms with van der Waals surface area (Å²) in [5, 5.41) is 3.75. The lowest BCUT2D eigenvalue weighted by atomic mass is 10.4. The van der Waals surface area contributed by atoms with Gasteiger partial charge in [-0.05, 0) is 6.07 Å². The number of guanidine groups is 1. The van der Waals surface area contributed by atoms with Crippen LogP contribution in [0.25, 0.3) is 0 Å². The van der Waals surface area contributed by atoms with Crippen molar-refractivity contribution in [1.29, 1.82) is 0 Å². The number of nitrogens with zero attached hydrogens (tertiary/aromatic N) is 3. The van der Waals surface area contributed by atoms with E-state index >= 15 is 0 Å². The van der Waals surface area contributed by atoms with Crippen LogP contribution in [0.15, 0.2) is 17.3 Å². The molecule has 120 valence electrons. The molecule has 1 aromatic rings. The van der Waals surface area contributed by atoms with Crippen molar-refractivity contribution in [1.82, 2.24) is 14.8 Å². The third kappa shape index (κ3) is 5.59. The van der Waals surface area contributed by atoms with Gasteiger partial charge in [0.2, 0.25) is 0 Å². The molecule has 0 saturated carbocycles. The first-order valence-corrected chi connectivity index (χ1v) is 8.92. The SMILES string of the molecule is CCS(=O)(=O)CCNC(=NC)N(C)Cc1cc(Cl)cn1C. The fraction of sp³-hybridized carbons (Fsp3) is 0.615. The molecule has 21 heavy (non-hydrogen) atoms. The molecule has 0 fully saturated rings. The molecule has 1 N–H and O–H groups in total. The molecule has 8 heteroatoms. The van der Waals surface area contributed by atoms with E-state index in [2.05, 4.69) is 10.3 Å². The van der Waals surface area contributed by atoms with Crippen molar-refractivity contribution in [2.24, 2.45) is 12.0 Å². The van der Waals surface area contributed by atoms with Crippen molar-refractivity contribution in [3.8, 4) is 0 Å². The lowest BCUT2D eigenvalue weighted by Crippen LogP contribution is -2.40. The summed E-state index contributed by atoms with van der Waals surface area (Å²) in [5.41, 5.74) is 1.05. The first-order chi connectivity index (χ1) is 9.79. The van der Waals surface area contributed by atoms with E-state index in [9.17, 15) is 8.42 Å². The quantitative estimate of drug-likeness (QED) is 0.625. The van der Waals surface area contributed by atoms with E-state index in [1.54, 1.807) is 14.0 Å². The molecular weight excluding hydrogens is 312 g/mol. The van der Waals surface area contributed by atoms with Crippen molar-refractivity contribution in [2.75, 3.05) is 32.1 Å². The molecule has 0 aliphatic heterocycles. The third-order valence-corrected chi connectivity index (χ3v) is 5.10. The second kappa shape index (κ2) is 7.70. The highest BCUT2D eigenvalue weighted by Gasteiger charge is 2.11. The molecule has 0 spiro atoms. The van der Waals surface area contributed by atoms with Crippen molar-refractivity contribution < 1.29 is 8.42 Å². The fourth-order valence-corrected chi connectivity index (χ4v) is 2.86. The molecule has 0 saturated heterocycles. The molecule has 0 amide bonds. The van der Waals surface area contributed by atoms with Crippen LogP contribution in [0.2, 0.25) is 5.02 Å². The van der Waals surface area contributed by atoms with Crippen molar-refractivity contribution in [3.63, 3.8) is 0 Å². The molecule has 1 aromatic heterocycles. The minimum atomic E-state index is -2.97. The smallest absolute Gasteiger partial charge is 0.193 e. The molecule has 0 bridgehead atoms. The molecule has 6 nitrogen and oxygen atoms in total. The maximum Gasteiger partial charge on any atom is 0.193 e. The predicted molar refractivity (Wildman–Crippen MR) is 87.6 cm³/mol. The van der Waals surface area contributed by atoms with Gasteiger partial charge in [-0.15, -0.1) is 0 Å². The Morgan fingerprint density at radius 1 is 1.52 bits per heavy atom. The van der Waals surface area contributed by atoms with Crippen LogP contribution < -0.4 is 5.32 Å². The maximum absolute atomic E-state index is 11.5. The van der Waals surface area contributed by atoms with Crippen LogP contribution in [0.1, 0.15) is 12.6 Å². The van der Waals surface area contributed by atoms with Crippen LogP contribution in [0.4, 0.5) is 0 Å². The summed E-state index contributed by atoms with van der Waals surface area (Å²) in [5.74, 6) is 0.913. The Kier molecular flexibility index (Phi) is 6.54. The van der Waals surface area contributed by atoms with Crippen LogP contribution in [-0.4, -0.2) is 56.0 Å². The van der Waals surface area contributed by atoms with Gasteiger partial charge < -0.3 is 14.8 Å². The van der Waals surface area contributed by atoms with E-state index in [1.807, 2.05) is 35.8 Å². The fourth-order valence-electron chi connectivity index (χ4n) is 1.89. The van der Waals surface area contributed by atoms with Crippen molar-refractivity contribution in [3.05, 3.63) is 23.0 Å². The van der Waals surface area contributed by atoms with Gasteiger partial charge in [-0.3, -0.25) is 4.99 Å². The second-order valence-corrected chi connectivity index (χ2v) is 7.74. The first-order valence-electron chi connectivity index (χ1n) is 6.72. The van der Waals surface area contributed by atoms with Gasteiger partial charge in [-0.1, -0.05) is 18.5 Å². The molecule has 0 aliphatic carbocycles. The Hall–Kier alpha value is -1.21. The molecule has 1 heterocycles. The van der Waals surface area contributed by atoms with E-state index in [0.717, 1.165) is 5.69 Å².